The normalized spacial score (nSPS) is 11.3. The van der Waals surface area contributed by atoms with Crippen LogP contribution in [0.3, 0.4) is 0 Å². The summed E-state index contributed by atoms with van der Waals surface area (Å²) in [6.07, 6.45) is 7.26. The summed E-state index contributed by atoms with van der Waals surface area (Å²) in [5, 5.41) is 10.5. The van der Waals surface area contributed by atoms with Gasteiger partial charge < -0.3 is 14.7 Å². The van der Waals surface area contributed by atoms with E-state index in [0.717, 1.165) is 24.3 Å². The van der Waals surface area contributed by atoms with Gasteiger partial charge in [-0.05, 0) is 32.5 Å². The lowest BCUT2D eigenvalue weighted by Gasteiger charge is -2.17. The molecule has 0 fully saturated rings. The maximum Gasteiger partial charge on any atom is 0.196 e. The molecule has 0 aliphatic heterocycles. The van der Waals surface area contributed by atoms with Crippen molar-refractivity contribution < 1.29 is 14.6 Å². The van der Waals surface area contributed by atoms with Gasteiger partial charge in [0.2, 0.25) is 0 Å². The van der Waals surface area contributed by atoms with Crippen LogP contribution in [0.25, 0.3) is 0 Å². The Labute approximate surface area is 181 Å². The zero-order valence-corrected chi connectivity index (χ0v) is 19.0. The van der Waals surface area contributed by atoms with Crippen LogP contribution < -0.4 is 4.74 Å². The van der Waals surface area contributed by atoms with Crippen LogP contribution in [-0.2, 0) is 6.54 Å². The van der Waals surface area contributed by atoms with Crippen molar-refractivity contribution in [1.29, 1.82) is 0 Å². The Bertz CT molecular complexity index is 784. The van der Waals surface area contributed by atoms with Gasteiger partial charge in [0.05, 0.1) is 12.2 Å². The molecule has 0 aliphatic rings. The maximum atomic E-state index is 12.8. The molecular weight excluding hydrogens is 374 g/mol. The molecule has 164 valence electrons. The van der Waals surface area contributed by atoms with Crippen LogP contribution in [0.4, 0.5) is 0 Å². The molecule has 0 saturated carbocycles. The number of unbranched alkanes of at least 4 members (excludes halogenated alkanes) is 4. The molecule has 2 aromatic rings. The molecular formula is C26H37NO3. The number of hydrogen-bond acceptors (Lipinski definition) is 4. The van der Waals surface area contributed by atoms with E-state index < -0.39 is 0 Å². The molecule has 4 nitrogen and oxygen atoms in total. The summed E-state index contributed by atoms with van der Waals surface area (Å²) in [5.74, 6) is 1.23. The highest BCUT2D eigenvalue weighted by Gasteiger charge is 2.18. The highest BCUT2D eigenvalue weighted by atomic mass is 16.5. The Morgan fingerprint density at radius 2 is 1.67 bits per heavy atom. The summed E-state index contributed by atoms with van der Waals surface area (Å²) in [7, 11) is 3.96. The molecule has 0 aromatic heterocycles. The number of rotatable bonds is 13. The van der Waals surface area contributed by atoms with E-state index in [9.17, 15) is 9.90 Å². The highest BCUT2D eigenvalue weighted by Crippen LogP contribution is 2.31. The second-order valence-corrected chi connectivity index (χ2v) is 8.71. The van der Waals surface area contributed by atoms with Crippen LogP contribution in [0, 0.1) is 5.92 Å². The van der Waals surface area contributed by atoms with Crippen molar-refractivity contribution in [3.05, 3.63) is 59.2 Å². The summed E-state index contributed by atoms with van der Waals surface area (Å²) in [5.41, 5.74) is 1.79. The van der Waals surface area contributed by atoms with E-state index in [4.69, 9.17) is 4.74 Å². The van der Waals surface area contributed by atoms with Crippen LogP contribution in [0.1, 0.15) is 73.9 Å². The van der Waals surface area contributed by atoms with Gasteiger partial charge in [-0.1, -0.05) is 76.3 Å². The van der Waals surface area contributed by atoms with Crippen molar-refractivity contribution in [2.75, 3.05) is 20.7 Å². The van der Waals surface area contributed by atoms with Gasteiger partial charge in [0, 0.05) is 23.7 Å². The zero-order valence-electron chi connectivity index (χ0n) is 19.0. The number of phenolic OH excluding ortho intramolecular Hbond substituents is 1. The molecule has 0 heterocycles. The lowest BCUT2D eigenvalue weighted by Crippen LogP contribution is -2.13. The third-order valence-electron chi connectivity index (χ3n) is 5.13. The van der Waals surface area contributed by atoms with E-state index in [-0.39, 0.29) is 11.5 Å². The van der Waals surface area contributed by atoms with Crippen LogP contribution in [0.15, 0.2) is 42.5 Å². The number of carbonyl (C=O) groups is 1. The SMILES string of the molecule is CC(C)CCCCCCCOc1cc(O)c(C(=O)c2ccccc2)cc1CN(C)C. The van der Waals surface area contributed by atoms with E-state index in [0.29, 0.717) is 30.0 Å². The Hall–Kier alpha value is -2.33. The topological polar surface area (TPSA) is 49.8 Å². The molecule has 0 aliphatic carbocycles. The minimum Gasteiger partial charge on any atom is -0.507 e. The van der Waals surface area contributed by atoms with Gasteiger partial charge in [0.25, 0.3) is 0 Å². The Morgan fingerprint density at radius 1 is 1.00 bits per heavy atom. The number of carbonyl (C=O) groups excluding carboxylic acids is 1. The number of benzene rings is 2. The molecule has 0 radical (unpaired) electrons. The van der Waals surface area contributed by atoms with Gasteiger partial charge in [-0.25, -0.2) is 0 Å². The second kappa shape index (κ2) is 12.4. The van der Waals surface area contributed by atoms with Gasteiger partial charge in [-0.3, -0.25) is 4.79 Å². The summed E-state index contributed by atoms with van der Waals surface area (Å²) < 4.78 is 6.01. The number of ketones is 1. The molecule has 4 heteroatoms. The molecule has 0 amide bonds. The molecule has 2 rings (SSSR count). The van der Waals surface area contributed by atoms with Crippen LogP contribution in [0.2, 0.25) is 0 Å². The quantitative estimate of drug-likeness (QED) is 0.321. The predicted molar refractivity (Wildman–Crippen MR) is 123 cm³/mol. The molecule has 0 atom stereocenters. The van der Waals surface area contributed by atoms with Gasteiger partial charge in [0.15, 0.2) is 5.78 Å². The second-order valence-electron chi connectivity index (χ2n) is 8.71. The first-order valence-electron chi connectivity index (χ1n) is 11.1. The molecule has 0 bridgehead atoms. The van der Waals surface area contributed by atoms with Crippen molar-refractivity contribution in [2.45, 2.75) is 58.9 Å². The van der Waals surface area contributed by atoms with E-state index in [1.807, 2.05) is 37.2 Å². The third kappa shape index (κ3) is 7.83. The molecule has 2 aromatic carbocycles. The third-order valence-corrected chi connectivity index (χ3v) is 5.13. The molecule has 0 spiro atoms. The predicted octanol–water partition coefficient (Wildman–Crippen LogP) is 6.06. The Morgan fingerprint density at radius 3 is 2.33 bits per heavy atom. The average Bonchev–Trinajstić information content (AvgIpc) is 2.71. The van der Waals surface area contributed by atoms with Gasteiger partial charge in [-0.2, -0.15) is 0 Å². The van der Waals surface area contributed by atoms with Crippen molar-refractivity contribution in [3.63, 3.8) is 0 Å². The molecule has 30 heavy (non-hydrogen) atoms. The highest BCUT2D eigenvalue weighted by molar-refractivity contribution is 6.10. The Balaban J connectivity index is 1.99. The average molecular weight is 412 g/mol. The fraction of sp³-hybridized carbons (Fsp3) is 0.500. The molecule has 0 saturated heterocycles. The summed E-state index contributed by atoms with van der Waals surface area (Å²) in [4.78, 5) is 14.9. The largest absolute Gasteiger partial charge is 0.507 e. The minimum absolute atomic E-state index is 0.0324. The number of hydrogen-bond donors (Lipinski definition) is 1. The molecule has 1 N–H and O–H groups in total. The summed E-state index contributed by atoms with van der Waals surface area (Å²) in [6.45, 7) is 5.80. The lowest BCUT2D eigenvalue weighted by molar-refractivity contribution is 0.103. The van der Waals surface area contributed by atoms with Crippen LogP contribution in [-0.4, -0.2) is 36.5 Å². The fourth-order valence-electron chi connectivity index (χ4n) is 3.51. The fourth-order valence-corrected chi connectivity index (χ4v) is 3.51. The zero-order chi connectivity index (χ0) is 21.9. The summed E-state index contributed by atoms with van der Waals surface area (Å²) in [6, 6.07) is 12.4. The van der Waals surface area contributed by atoms with Crippen molar-refractivity contribution >= 4 is 5.78 Å². The monoisotopic (exact) mass is 411 g/mol. The van der Waals surface area contributed by atoms with E-state index in [2.05, 4.69) is 13.8 Å². The number of ether oxygens (including phenoxy) is 1. The Kier molecular flexibility index (Phi) is 9.88. The number of phenols is 1. The van der Waals surface area contributed by atoms with E-state index in [1.165, 1.54) is 25.7 Å². The molecule has 0 unspecified atom stereocenters. The smallest absolute Gasteiger partial charge is 0.196 e. The first-order valence-corrected chi connectivity index (χ1v) is 11.1. The van der Waals surface area contributed by atoms with E-state index >= 15 is 0 Å². The number of nitrogens with zero attached hydrogens (tertiary/aromatic N) is 1. The first-order chi connectivity index (χ1) is 14.4. The van der Waals surface area contributed by atoms with Crippen molar-refractivity contribution in [3.8, 4) is 11.5 Å². The summed E-state index contributed by atoms with van der Waals surface area (Å²) >= 11 is 0. The van der Waals surface area contributed by atoms with Crippen LogP contribution >= 0.6 is 0 Å². The first kappa shape index (κ1) is 23.9. The van der Waals surface area contributed by atoms with Gasteiger partial charge >= 0.3 is 0 Å². The standard InChI is InChI=1S/C26H37NO3/c1-20(2)13-9-6-5-7-12-16-30-25-18-24(28)23(17-22(25)19-27(3)4)26(29)21-14-10-8-11-15-21/h8,10-11,14-15,17-18,20,28H,5-7,9,12-13,16,19H2,1-4H3. The maximum absolute atomic E-state index is 12.8. The van der Waals surface area contributed by atoms with Crippen molar-refractivity contribution in [2.24, 2.45) is 5.92 Å². The van der Waals surface area contributed by atoms with Crippen molar-refractivity contribution in [1.82, 2.24) is 4.90 Å². The van der Waals surface area contributed by atoms with Gasteiger partial charge in [0.1, 0.15) is 11.5 Å². The van der Waals surface area contributed by atoms with E-state index in [1.54, 1.807) is 24.3 Å². The lowest BCUT2D eigenvalue weighted by atomic mass is 9.99. The van der Waals surface area contributed by atoms with Gasteiger partial charge in [-0.15, -0.1) is 0 Å². The van der Waals surface area contributed by atoms with Crippen LogP contribution in [0.5, 0.6) is 11.5 Å². The number of aromatic hydroxyl groups is 1. The minimum atomic E-state index is -0.180.